The summed E-state index contributed by atoms with van der Waals surface area (Å²) < 4.78 is 36.0. The number of carbonyl (C=O) groups is 1. The molecule has 0 saturated heterocycles. The first kappa shape index (κ1) is 15.6. The summed E-state index contributed by atoms with van der Waals surface area (Å²) in [6.07, 6.45) is 0.640. The fourth-order valence-corrected chi connectivity index (χ4v) is 1.46. The smallest absolute Gasteiger partial charge is 0.357 e. The Morgan fingerprint density at radius 3 is 2.47 bits per heavy atom. The van der Waals surface area contributed by atoms with E-state index in [1.807, 2.05) is 0 Å². The van der Waals surface area contributed by atoms with E-state index >= 15 is 0 Å². The summed E-state index contributed by atoms with van der Waals surface area (Å²) in [6, 6.07) is 8.79. The van der Waals surface area contributed by atoms with Crippen LogP contribution in [-0.4, -0.2) is 17.4 Å². The fourth-order valence-electron chi connectivity index (χ4n) is 1.23. The average Bonchev–Trinajstić information content (AvgIpc) is 2.34. The van der Waals surface area contributed by atoms with Crippen molar-refractivity contribution < 1.29 is 23.0 Å². The van der Waals surface area contributed by atoms with Crippen LogP contribution in [0.4, 0.5) is 8.78 Å². The van der Waals surface area contributed by atoms with Crippen molar-refractivity contribution in [3.05, 3.63) is 47.7 Å². The number of esters is 1. The molecule has 1 aromatic carbocycles. The van der Waals surface area contributed by atoms with Crippen molar-refractivity contribution in [2.24, 2.45) is 0 Å². The van der Waals surface area contributed by atoms with Crippen LogP contribution < -0.4 is 0 Å². The second-order valence-electron chi connectivity index (χ2n) is 3.53. The fraction of sp³-hybridized carbons (Fsp3) is 0.308. The van der Waals surface area contributed by atoms with Gasteiger partial charge in [-0.2, -0.15) is 8.78 Å². The molecule has 0 spiro atoms. The highest BCUT2D eigenvalue weighted by Gasteiger charge is 2.33. The van der Waals surface area contributed by atoms with Crippen molar-refractivity contribution in [2.45, 2.75) is 18.4 Å². The maximum Gasteiger partial charge on any atom is 0.357 e. The Bertz CT molecular complexity index is 441. The van der Waals surface area contributed by atoms with E-state index in [9.17, 15) is 13.6 Å². The SMILES string of the molecule is CCOC(=O)/C=C(\OCc1ccccc1)C(F)(F)Br. The number of carbonyl (C=O) groups excluding carboxylic acids is 1. The molecule has 104 valence electrons. The number of alkyl halides is 3. The number of halogens is 3. The lowest BCUT2D eigenvalue weighted by molar-refractivity contribution is -0.137. The van der Waals surface area contributed by atoms with Gasteiger partial charge < -0.3 is 9.47 Å². The molecule has 0 fully saturated rings. The molecule has 0 radical (unpaired) electrons. The second-order valence-corrected chi connectivity index (χ2v) is 4.53. The van der Waals surface area contributed by atoms with E-state index in [0.29, 0.717) is 11.6 Å². The van der Waals surface area contributed by atoms with Gasteiger partial charge in [0.05, 0.1) is 12.7 Å². The van der Waals surface area contributed by atoms with Crippen molar-refractivity contribution in [3.8, 4) is 0 Å². The molecule has 0 aliphatic heterocycles. The summed E-state index contributed by atoms with van der Waals surface area (Å²) in [7, 11) is 0. The zero-order valence-corrected chi connectivity index (χ0v) is 11.8. The van der Waals surface area contributed by atoms with Crippen LogP contribution in [0.3, 0.4) is 0 Å². The number of hydrogen-bond acceptors (Lipinski definition) is 3. The highest BCUT2D eigenvalue weighted by molar-refractivity contribution is 9.10. The predicted octanol–water partition coefficient (Wildman–Crippen LogP) is 3.64. The summed E-state index contributed by atoms with van der Waals surface area (Å²) in [5.74, 6) is -1.65. The molecule has 0 unspecified atom stereocenters. The molecule has 0 atom stereocenters. The first-order valence-electron chi connectivity index (χ1n) is 5.56. The zero-order chi connectivity index (χ0) is 14.3. The number of allylic oxidation sites excluding steroid dienone is 1. The van der Waals surface area contributed by atoms with Crippen molar-refractivity contribution in [1.82, 2.24) is 0 Å². The quantitative estimate of drug-likeness (QED) is 0.345. The first-order chi connectivity index (χ1) is 8.93. The minimum Gasteiger partial charge on any atom is -0.486 e. The van der Waals surface area contributed by atoms with Crippen molar-refractivity contribution in [3.63, 3.8) is 0 Å². The van der Waals surface area contributed by atoms with Crippen molar-refractivity contribution in [2.75, 3.05) is 6.61 Å². The molecule has 6 heteroatoms. The van der Waals surface area contributed by atoms with Gasteiger partial charge in [0.2, 0.25) is 0 Å². The lowest BCUT2D eigenvalue weighted by Gasteiger charge is -2.15. The van der Waals surface area contributed by atoms with Crippen LogP contribution in [0.5, 0.6) is 0 Å². The Morgan fingerprint density at radius 2 is 1.95 bits per heavy atom. The van der Waals surface area contributed by atoms with E-state index < -0.39 is 16.6 Å². The van der Waals surface area contributed by atoms with Gasteiger partial charge in [-0.15, -0.1) is 0 Å². The number of rotatable bonds is 6. The van der Waals surface area contributed by atoms with E-state index in [-0.39, 0.29) is 13.2 Å². The molecular formula is C13H13BrF2O3. The van der Waals surface area contributed by atoms with Gasteiger partial charge in [-0.1, -0.05) is 30.3 Å². The molecule has 0 saturated carbocycles. The third-order valence-corrected chi connectivity index (χ3v) is 2.44. The maximum atomic E-state index is 13.2. The number of benzene rings is 1. The minimum absolute atomic E-state index is 0.0622. The molecule has 0 N–H and O–H groups in total. The molecular weight excluding hydrogens is 322 g/mol. The van der Waals surface area contributed by atoms with E-state index in [1.165, 1.54) is 0 Å². The van der Waals surface area contributed by atoms with Gasteiger partial charge in [0, 0.05) is 0 Å². The normalized spacial score (nSPS) is 12.1. The summed E-state index contributed by atoms with van der Waals surface area (Å²) in [4.78, 5) is 7.76. The van der Waals surface area contributed by atoms with Crippen LogP contribution in [-0.2, 0) is 20.9 Å². The van der Waals surface area contributed by atoms with Gasteiger partial charge in [-0.3, -0.25) is 0 Å². The Balaban J connectivity index is 2.74. The third-order valence-electron chi connectivity index (χ3n) is 2.05. The highest BCUT2D eigenvalue weighted by Crippen LogP contribution is 2.32. The third kappa shape index (κ3) is 5.83. The molecule has 3 nitrogen and oxygen atoms in total. The predicted molar refractivity (Wildman–Crippen MR) is 69.8 cm³/mol. The van der Waals surface area contributed by atoms with Crippen LogP contribution in [0, 0.1) is 0 Å². The van der Waals surface area contributed by atoms with Gasteiger partial charge in [0.25, 0.3) is 0 Å². The number of ether oxygens (including phenoxy) is 2. The van der Waals surface area contributed by atoms with Crippen LogP contribution >= 0.6 is 15.9 Å². The van der Waals surface area contributed by atoms with E-state index in [1.54, 1.807) is 37.3 Å². The summed E-state index contributed by atoms with van der Waals surface area (Å²) in [5, 5.41) is 0. The van der Waals surface area contributed by atoms with E-state index in [2.05, 4.69) is 20.7 Å². The molecule has 19 heavy (non-hydrogen) atoms. The highest BCUT2D eigenvalue weighted by atomic mass is 79.9. The Kier molecular flexibility index (Phi) is 5.95. The van der Waals surface area contributed by atoms with Crippen molar-refractivity contribution >= 4 is 21.9 Å². The van der Waals surface area contributed by atoms with Gasteiger partial charge in [0.15, 0.2) is 5.76 Å². The summed E-state index contributed by atoms with van der Waals surface area (Å²) >= 11 is 2.16. The molecule has 0 bridgehead atoms. The van der Waals surface area contributed by atoms with Gasteiger partial charge in [-0.05, 0) is 28.4 Å². The van der Waals surface area contributed by atoms with E-state index in [0.717, 1.165) is 0 Å². The largest absolute Gasteiger partial charge is 0.486 e. The van der Waals surface area contributed by atoms with Gasteiger partial charge in [-0.25, -0.2) is 4.79 Å². The Morgan fingerprint density at radius 1 is 1.32 bits per heavy atom. The molecule has 1 aromatic rings. The van der Waals surface area contributed by atoms with Crippen LogP contribution in [0.15, 0.2) is 42.2 Å². The first-order valence-corrected chi connectivity index (χ1v) is 6.35. The number of hydrogen-bond donors (Lipinski definition) is 0. The molecule has 0 aliphatic rings. The van der Waals surface area contributed by atoms with Crippen molar-refractivity contribution in [1.29, 1.82) is 0 Å². The van der Waals surface area contributed by atoms with Crippen LogP contribution in [0.2, 0.25) is 0 Å². The lowest BCUT2D eigenvalue weighted by atomic mass is 10.2. The summed E-state index contributed by atoms with van der Waals surface area (Å²) in [5.41, 5.74) is 0.717. The standard InChI is InChI=1S/C13H13BrF2O3/c1-2-18-12(17)8-11(13(14,15)16)19-9-10-6-4-3-5-7-10/h3-8H,2,9H2,1H3/b11-8-. The zero-order valence-electron chi connectivity index (χ0n) is 10.2. The summed E-state index contributed by atoms with van der Waals surface area (Å²) in [6.45, 7) is 1.63. The maximum absolute atomic E-state index is 13.2. The lowest BCUT2D eigenvalue weighted by Crippen LogP contribution is -2.15. The monoisotopic (exact) mass is 334 g/mol. The minimum atomic E-state index is -3.42. The van der Waals surface area contributed by atoms with Gasteiger partial charge >= 0.3 is 10.8 Å². The topological polar surface area (TPSA) is 35.5 Å². The second kappa shape index (κ2) is 7.23. The van der Waals surface area contributed by atoms with Gasteiger partial charge in [0.1, 0.15) is 6.61 Å². The molecule has 0 heterocycles. The average molecular weight is 335 g/mol. The molecule has 0 aromatic heterocycles. The Hall–Kier alpha value is -1.43. The molecule has 1 rings (SSSR count). The Labute approximate surface area is 118 Å². The van der Waals surface area contributed by atoms with E-state index in [4.69, 9.17) is 4.74 Å². The van der Waals surface area contributed by atoms with Crippen LogP contribution in [0.1, 0.15) is 12.5 Å². The molecule has 0 aliphatic carbocycles. The molecule has 0 amide bonds. The van der Waals surface area contributed by atoms with Crippen LogP contribution in [0.25, 0.3) is 0 Å².